The third kappa shape index (κ3) is 7.08. The number of para-hydroxylation sites is 1. The van der Waals surface area contributed by atoms with E-state index in [1.165, 1.54) is 11.9 Å². The molecule has 1 N–H and O–H groups in total. The molecule has 1 atom stereocenters. The van der Waals surface area contributed by atoms with Gasteiger partial charge in [-0.25, -0.2) is 8.42 Å². The first kappa shape index (κ1) is 26.7. The molecule has 0 aliphatic heterocycles. The average molecular weight is 510 g/mol. The molecule has 9 heteroatoms. The summed E-state index contributed by atoms with van der Waals surface area (Å²) in [7, 11) is -2.31. The summed E-state index contributed by atoms with van der Waals surface area (Å²) >= 11 is 0. The molecule has 0 saturated heterocycles. The Morgan fingerprint density at radius 3 is 2.17 bits per heavy atom. The van der Waals surface area contributed by atoms with E-state index in [-0.39, 0.29) is 12.5 Å². The number of carbonyl (C=O) groups is 2. The van der Waals surface area contributed by atoms with Gasteiger partial charge in [0.2, 0.25) is 21.8 Å². The highest BCUT2D eigenvalue weighted by molar-refractivity contribution is 7.92. The number of aryl methyl sites for hydroxylation is 1. The summed E-state index contributed by atoms with van der Waals surface area (Å²) in [6.45, 7) is 3.27. The predicted molar refractivity (Wildman–Crippen MR) is 140 cm³/mol. The second-order valence-electron chi connectivity index (χ2n) is 8.48. The van der Waals surface area contributed by atoms with E-state index in [2.05, 4.69) is 5.32 Å². The van der Waals surface area contributed by atoms with E-state index in [9.17, 15) is 18.0 Å². The number of hydrogen-bond donors (Lipinski definition) is 1. The third-order valence-corrected chi connectivity index (χ3v) is 6.77. The highest BCUT2D eigenvalue weighted by atomic mass is 32.2. The summed E-state index contributed by atoms with van der Waals surface area (Å²) in [6, 6.07) is 22.5. The highest BCUT2D eigenvalue weighted by Crippen LogP contribution is 2.26. The smallest absolute Gasteiger partial charge is 0.244 e. The highest BCUT2D eigenvalue weighted by Gasteiger charge is 2.29. The van der Waals surface area contributed by atoms with Gasteiger partial charge in [0.1, 0.15) is 24.1 Å². The molecule has 8 nitrogen and oxygen atoms in total. The SMILES string of the molecule is CNC(=O)[C@@H](C)N(Cc1cccc(C)c1)C(=O)CN(c1ccc(Oc2ccccc2)cc1)S(C)(=O)=O. The third-order valence-electron chi connectivity index (χ3n) is 5.63. The van der Waals surface area contributed by atoms with Crippen LogP contribution >= 0.6 is 0 Å². The van der Waals surface area contributed by atoms with Crippen LogP contribution in [0.15, 0.2) is 78.9 Å². The molecule has 0 aromatic heterocycles. The van der Waals surface area contributed by atoms with Crippen molar-refractivity contribution in [3.8, 4) is 11.5 Å². The van der Waals surface area contributed by atoms with Crippen LogP contribution in [0, 0.1) is 6.92 Å². The maximum absolute atomic E-state index is 13.4. The van der Waals surface area contributed by atoms with Gasteiger partial charge in [-0.05, 0) is 55.8 Å². The van der Waals surface area contributed by atoms with E-state index in [4.69, 9.17) is 4.74 Å². The molecular weight excluding hydrogens is 478 g/mol. The zero-order chi connectivity index (χ0) is 26.3. The normalized spacial score (nSPS) is 11.9. The molecule has 0 aliphatic rings. The molecule has 3 rings (SSSR count). The summed E-state index contributed by atoms with van der Waals surface area (Å²) in [5, 5.41) is 2.56. The van der Waals surface area contributed by atoms with E-state index < -0.39 is 28.5 Å². The first-order chi connectivity index (χ1) is 17.1. The number of nitrogens with zero attached hydrogens (tertiary/aromatic N) is 2. The van der Waals surface area contributed by atoms with E-state index >= 15 is 0 Å². The van der Waals surface area contributed by atoms with Crippen LogP contribution in [0.25, 0.3) is 0 Å². The van der Waals surface area contributed by atoms with Crippen molar-refractivity contribution in [2.24, 2.45) is 0 Å². The van der Waals surface area contributed by atoms with Gasteiger partial charge in [0, 0.05) is 13.6 Å². The van der Waals surface area contributed by atoms with Gasteiger partial charge in [-0.15, -0.1) is 0 Å². The molecule has 0 saturated carbocycles. The van der Waals surface area contributed by atoms with Crippen LogP contribution in [0.1, 0.15) is 18.1 Å². The number of likely N-dealkylation sites (N-methyl/N-ethyl adjacent to an activating group) is 1. The molecule has 0 spiro atoms. The molecule has 190 valence electrons. The summed E-state index contributed by atoms with van der Waals surface area (Å²) in [4.78, 5) is 27.2. The number of benzene rings is 3. The van der Waals surface area contributed by atoms with Crippen molar-refractivity contribution in [2.45, 2.75) is 26.4 Å². The minimum Gasteiger partial charge on any atom is -0.457 e. The van der Waals surface area contributed by atoms with Crippen LogP contribution in [0.3, 0.4) is 0 Å². The van der Waals surface area contributed by atoms with Crippen molar-refractivity contribution >= 4 is 27.5 Å². The molecule has 0 bridgehead atoms. The topological polar surface area (TPSA) is 96.0 Å². The van der Waals surface area contributed by atoms with Crippen molar-refractivity contribution in [3.63, 3.8) is 0 Å². The lowest BCUT2D eigenvalue weighted by atomic mass is 10.1. The van der Waals surface area contributed by atoms with Gasteiger partial charge in [0.15, 0.2) is 0 Å². The Bertz CT molecular complexity index is 1290. The minimum atomic E-state index is -3.80. The van der Waals surface area contributed by atoms with Crippen LogP contribution < -0.4 is 14.4 Å². The van der Waals surface area contributed by atoms with Crippen LogP contribution in [-0.4, -0.2) is 51.0 Å². The molecule has 3 aromatic rings. The number of hydrogen-bond acceptors (Lipinski definition) is 5. The molecule has 3 aromatic carbocycles. The van der Waals surface area contributed by atoms with Crippen LogP contribution in [0.5, 0.6) is 11.5 Å². The molecule has 0 unspecified atom stereocenters. The lowest BCUT2D eigenvalue weighted by molar-refractivity contribution is -0.139. The van der Waals surface area contributed by atoms with E-state index in [1.54, 1.807) is 31.2 Å². The standard InChI is InChI=1S/C27H31N3O5S/c1-20-9-8-10-22(17-20)18-29(21(2)27(32)28-3)26(31)19-30(36(4,33)34)23-13-15-25(16-14-23)35-24-11-6-5-7-12-24/h5-17,21H,18-19H2,1-4H3,(H,28,32)/t21-/m1/s1. The Labute approximate surface area is 212 Å². The zero-order valence-electron chi connectivity index (χ0n) is 20.8. The fourth-order valence-electron chi connectivity index (χ4n) is 3.72. The Morgan fingerprint density at radius 2 is 1.58 bits per heavy atom. The van der Waals surface area contributed by atoms with E-state index in [0.29, 0.717) is 17.2 Å². The fourth-order valence-corrected chi connectivity index (χ4v) is 4.57. The maximum Gasteiger partial charge on any atom is 0.244 e. The molecule has 0 radical (unpaired) electrons. The largest absolute Gasteiger partial charge is 0.457 e. The number of carbonyl (C=O) groups excluding carboxylic acids is 2. The van der Waals surface area contributed by atoms with Crippen LogP contribution in [0.4, 0.5) is 5.69 Å². The number of sulfonamides is 1. The summed E-state index contributed by atoms with van der Waals surface area (Å²) < 4.78 is 32.2. The second-order valence-corrected chi connectivity index (χ2v) is 10.4. The van der Waals surface area contributed by atoms with E-state index in [0.717, 1.165) is 21.7 Å². The zero-order valence-corrected chi connectivity index (χ0v) is 21.7. The first-order valence-electron chi connectivity index (χ1n) is 11.5. The van der Waals surface area contributed by atoms with Crippen LogP contribution in [0.2, 0.25) is 0 Å². The summed E-state index contributed by atoms with van der Waals surface area (Å²) in [5.74, 6) is 0.335. The van der Waals surface area contributed by atoms with Crippen molar-refractivity contribution in [1.29, 1.82) is 0 Å². The lowest BCUT2D eigenvalue weighted by Gasteiger charge is -2.31. The Morgan fingerprint density at radius 1 is 0.944 bits per heavy atom. The van der Waals surface area contributed by atoms with Crippen molar-refractivity contribution in [1.82, 2.24) is 10.2 Å². The molecule has 2 amide bonds. The number of amides is 2. The van der Waals surface area contributed by atoms with E-state index in [1.807, 2.05) is 61.5 Å². The molecule has 0 aliphatic carbocycles. The average Bonchev–Trinajstić information content (AvgIpc) is 2.85. The van der Waals surface area contributed by atoms with Gasteiger partial charge in [0.25, 0.3) is 0 Å². The lowest BCUT2D eigenvalue weighted by Crippen LogP contribution is -2.50. The van der Waals surface area contributed by atoms with Gasteiger partial charge in [-0.1, -0.05) is 48.0 Å². The minimum absolute atomic E-state index is 0.163. The van der Waals surface area contributed by atoms with Gasteiger partial charge in [0.05, 0.1) is 11.9 Å². The quantitative estimate of drug-likeness (QED) is 0.450. The maximum atomic E-state index is 13.4. The number of anilines is 1. The van der Waals surface area contributed by atoms with Crippen molar-refractivity contribution in [2.75, 3.05) is 24.2 Å². The molecule has 36 heavy (non-hydrogen) atoms. The van der Waals surface area contributed by atoms with Crippen molar-refractivity contribution in [3.05, 3.63) is 90.0 Å². The van der Waals surface area contributed by atoms with Gasteiger partial charge >= 0.3 is 0 Å². The van der Waals surface area contributed by atoms with Crippen molar-refractivity contribution < 1.29 is 22.7 Å². The van der Waals surface area contributed by atoms with Gasteiger partial charge in [-0.3, -0.25) is 13.9 Å². The second kappa shape index (κ2) is 11.7. The van der Waals surface area contributed by atoms with Gasteiger partial charge in [-0.2, -0.15) is 0 Å². The summed E-state index contributed by atoms with van der Waals surface area (Å²) in [5.41, 5.74) is 2.17. The Hall–Kier alpha value is -3.85. The Kier molecular flexibility index (Phi) is 8.71. The van der Waals surface area contributed by atoms with Crippen LogP contribution in [-0.2, 0) is 26.2 Å². The molecule has 0 fully saturated rings. The number of ether oxygens (including phenoxy) is 1. The Balaban J connectivity index is 1.85. The molecule has 0 heterocycles. The van der Waals surface area contributed by atoms with Gasteiger partial charge < -0.3 is 15.0 Å². The first-order valence-corrected chi connectivity index (χ1v) is 13.3. The predicted octanol–water partition coefficient (Wildman–Crippen LogP) is 3.72. The summed E-state index contributed by atoms with van der Waals surface area (Å²) in [6.07, 6.45) is 1.04. The fraction of sp³-hybridized carbons (Fsp3) is 0.259. The number of rotatable bonds is 10. The monoisotopic (exact) mass is 509 g/mol. The molecular formula is C27H31N3O5S. The number of nitrogens with one attached hydrogen (secondary N) is 1.